The van der Waals surface area contributed by atoms with E-state index < -0.39 is 0 Å². The van der Waals surface area contributed by atoms with Gasteiger partial charge in [-0.1, -0.05) is 0 Å². The number of aromatic nitrogens is 1. The van der Waals surface area contributed by atoms with Gasteiger partial charge in [0, 0.05) is 18.2 Å². The van der Waals surface area contributed by atoms with Gasteiger partial charge in [-0.2, -0.15) is 0 Å². The fourth-order valence-corrected chi connectivity index (χ4v) is 1.27. The minimum atomic E-state index is 0.855. The molecule has 0 aliphatic heterocycles. The minimum absolute atomic E-state index is 0.855. The quantitative estimate of drug-likeness (QED) is 0.575. The fraction of sp³-hybridized carbons (Fsp3) is 0.100. The van der Waals surface area contributed by atoms with Crippen molar-refractivity contribution in [2.75, 3.05) is 7.11 Å². The number of nitrogens with zero attached hydrogens (tertiary/aromatic N) is 1. The molecule has 0 atom stereocenters. The average Bonchev–Trinajstić information content (AvgIpc) is 2.17. The van der Waals surface area contributed by atoms with Gasteiger partial charge in [-0.15, -0.1) is 4.40 Å². The summed E-state index contributed by atoms with van der Waals surface area (Å²) in [5.41, 5.74) is 1.14. The molecule has 0 aromatic carbocycles. The van der Waals surface area contributed by atoms with E-state index in [1.165, 1.54) is 0 Å². The molecule has 0 fully saturated rings. The molecule has 0 amide bonds. The molecule has 2 aromatic heterocycles. The number of hydrogen-bond acceptors (Lipinski definition) is 1. The lowest BCUT2D eigenvalue weighted by atomic mass is 10.3. The highest BCUT2D eigenvalue weighted by atomic mass is 16.5. The first kappa shape index (κ1) is 7.10. The van der Waals surface area contributed by atoms with E-state index in [4.69, 9.17) is 4.74 Å². The van der Waals surface area contributed by atoms with E-state index in [-0.39, 0.29) is 0 Å². The Morgan fingerprint density at radius 3 is 2.75 bits per heavy atom. The van der Waals surface area contributed by atoms with E-state index >= 15 is 0 Å². The summed E-state index contributed by atoms with van der Waals surface area (Å²) in [6.45, 7) is 0. The van der Waals surface area contributed by atoms with Crippen molar-refractivity contribution in [3.63, 3.8) is 0 Å². The van der Waals surface area contributed by atoms with Crippen molar-refractivity contribution in [1.82, 2.24) is 0 Å². The normalized spacial score (nSPS) is 10.1. The molecule has 2 nitrogen and oxygen atoms in total. The first-order valence-electron chi connectivity index (χ1n) is 3.85. The van der Waals surface area contributed by atoms with Crippen molar-refractivity contribution in [3.8, 4) is 5.88 Å². The highest BCUT2D eigenvalue weighted by Crippen LogP contribution is 2.04. The predicted octanol–water partition coefficient (Wildman–Crippen LogP) is 1.43. The van der Waals surface area contributed by atoms with Gasteiger partial charge in [0.25, 0.3) is 0 Å². The summed E-state index contributed by atoms with van der Waals surface area (Å²) in [4.78, 5) is 0. The fourth-order valence-electron chi connectivity index (χ4n) is 1.27. The van der Waals surface area contributed by atoms with Crippen LogP contribution in [0.4, 0.5) is 0 Å². The number of rotatable bonds is 1. The van der Waals surface area contributed by atoms with Gasteiger partial charge in [0.2, 0.25) is 5.52 Å². The Kier molecular flexibility index (Phi) is 1.67. The first-order valence-corrected chi connectivity index (χ1v) is 3.85. The monoisotopic (exact) mass is 160 g/mol. The van der Waals surface area contributed by atoms with Gasteiger partial charge in [-0.05, 0) is 12.1 Å². The van der Waals surface area contributed by atoms with Gasteiger partial charge in [0.1, 0.15) is 0 Å². The van der Waals surface area contributed by atoms with Crippen LogP contribution in [0.15, 0.2) is 42.6 Å². The highest BCUT2D eigenvalue weighted by Gasteiger charge is 2.06. The van der Waals surface area contributed by atoms with Crippen LogP contribution >= 0.6 is 0 Å². The number of ether oxygens (including phenoxy) is 1. The molecule has 12 heavy (non-hydrogen) atoms. The maximum absolute atomic E-state index is 5.19. The smallest absolute Gasteiger partial charge is 0.373 e. The lowest BCUT2D eigenvalue weighted by Gasteiger charge is -1.95. The summed E-state index contributed by atoms with van der Waals surface area (Å²) in [7, 11) is 1.68. The molecular weight excluding hydrogens is 150 g/mol. The largest absolute Gasteiger partial charge is 0.447 e. The van der Waals surface area contributed by atoms with E-state index in [0.717, 1.165) is 11.4 Å². The van der Waals surface area contributed by atoms with Crippen LogP contribution in [0.2, 0.25) is 0 Å². The molecule has 0 spiro atoms. The van der Waals surface area contributed by atoms with Crippen LogP contribution < -0.4 is 9.14 Å². The molecule has 0 saturated carbocycles. The van der Waals surface area contributed by atoms with Crippen LogP contribution in [0.3, 0.4) is 0 Å². The average molecular weight is 160 g/mol. The molecule has 0 aliphatic rings. The van der Waals surface area contributed by atoms with E-state index in [1.807, 2.05) is 47.0 Å². The lowest BCUT2D eigenvalue weighted by molar-refractivity contribution is -0.521. The second-order valence-corrected chi connectivity index (χ2v) is 2.56. The third-order valence-electron chi connectivity index (χ3n) is 1.84. The van der Waals surface area contributed by atoms with Crippen LogP contribution in [0.5, 0.6) is 5.88 Å². The van der Waals surface area contributed by atoms with E-state index in [1.54, 1.807) is 7.11 Å². The zero-order chi connectivity index (χ0) is 8.39. The maximum Gasteiger partial charge on any atom is 0.373 e. The summed E-state index contributed by atoms with van der Waals surface area (Å²) in [5.74, 6) is 0.855. The summed E-state index contributed by atoms with van der Waals surface area (Å²) >= 11 is 0. The lowest BCUT2D eigenvalue weighted by Crippen LogP contribution is -2.23. The number of pyridine rings is 2. The Morgan fingerprint density at radius 2 is 1.92 bits per heavy atom. The van der Waals surface area contributed by atoms with Crippen LogP contribution in [0.25, 0.3) is 5.52 Å². The van der Waals surface area contributed by atoms with Gasteiger partial charge in [-0.25, -0.2) is 0 Å². The van der Waals surface area contributed by atoms with Gasteiger partial charge in [0.15, 0.2) is 6.20 Å². The maximum atomic E-state index is 5.19. The number of fused-ring (bicyclic) bond motifs is 1. The Hall–Kier alpha value is -1.57. The second kappa shape index (κ2) is 2.81. The zero-order valence-corrected chi connectivity index (χ0v) is 6.90. The Morgan fingerprint density at radius 1 is 1.08 bits per heavy atom. The summed E-state index contributed by atoms with van der Waals surface area (Å²) < 4.78 is 7.19. The Balaban J connectivity index is 2.79. The highest BCUT2D eigenvalue weighted by molar-refractivity contribution is 5.38. The van der Waals surface area contributed by atoms with Crippen molar-refractivity contribution >= 4 is 5.52 Å². The molecule has 60 valence electrons. The third kappa shape index (κ3) is 1.01. The summed E-state index contributed by atoms with van der Waals surface area (Å²) in [6, 6.07) is 12.0. The van der Waals surface area contributed by atoms with Crippen molar-refractivity contribution < 1.29 is 9.14 Å². The van der Waals surface area contributed by atoms with Crippen LogP contribution in [-0.2, 0) is 0 Å². The molecule has 2 aromatic rings. The van der Waals surface area contributed by atoms with Crippen molar-refractivity contribution in [3.05, 3.63) is 42.6 Å². The molecule has 0 saturated heterocycles. The van der Waals surface area contributed by atoms with Crippen molar-refractivity contribution in [2.24, 2.45) is 0 Å². The summed E-state index contributed by atoms with van der Waals surface area (Å²) in [5, 5.41) is 0. The van der Waals surface area contributed by atoms with E-state index in [0.29, 0.717) is 0 Å². The number of hydrogen-bond donors (Lipinski definition) is 0. The summed E-state index contributed by atoms with van der Waals surface area (Å²) in [6.07, 6.45) is 1.98. The van der Waals surface area contributed by atoms with E-state index in [2.05, 4.69) is 0 Å². The SMILES string of the molecule is COc1cccc2cccc[n+]12. The molecule has 2 heteroatoms. The van der Waals surface area contributed by atoms with Gasteiger partial charge in [-0.3, -0.25) is 0 Å². The minimum Gasteiger partial charge on any atom is -0.447 e. The predicted molar refractivity (Wildman–Crippen MR) is 46.2 cm³/mol. The standard InChI is InChI=1S/C10H10NO/c1-12-10-7-4-6-9-5-2-3-8-11(9)10/h2-8H,1H3/q+1. The molecule has 2 rings (SSSR count). The van der Waals surface area contributed by atoms with Crippen molar-refractivity contribution in [1.29, 1.82) is 0 Å². The zero-order valence-electron chi connectivity index (χ0n) is 6.90. The molecule has 0 N–H and O–H groups in total. The Bertz CT molecular complexity index is 392. The van der Waals surface area contributed by atoms with Gasteiger partial charge < -0.3 is 4.74 Å². The molecular formula is C10H10NO+. The van der Waals surface area contributed by atoms with E-state index in [9.17, 15) is 0 Å². The van der Waals surface area contributed by atoms with Gasteiger partial charge >= 0.3 is 5.88 Å². The van der Waals surface area contributed by atoms with Crippen LogP contribution in [0, 0.1) is 0 Å². The third-order valence-corrected chi connectivity index (χ3v) is 1.84. The number of methoxy groups -OCH3 is 1. The molecule has 0 radical (unpaired) electrons. The van der Waals surface area contributed by atoms with Crippen molar-refractivity contribution in [2.45, 2.75) is 0 Å². The molecule has 0 unspecified atom stereocenters. The van der Waals surface area contributed by atoms with Crippen LogP contribution in [-0.4, -0.2) is 7.11 Å². The van der Waals surface area contributed by atoms with Gasteiger partial charge in [0.05, 0.1) is 13.2 Å². The van der Waals surface area contributed by atoms with Crippen LogP contribution in [0.1, 0.15) is 0 Å². The first-order chi connectivity index (χ1) is 5.92. The second-order valence-electron chi connectivity index (χ2n) is 2.56. The topological polar surface area (TPSA) is 13.3 Å². The molecule has 0 bridgehead atoms. The molecule has 2 heterocycles. The Labute approximate surface area is 71.0 Å². The molecule has 0 aliphatic carbocycles.